The van der Waals surface area contributed by atoms with E-state index in [1.165, 1.54) is 5.56 Å². The van der Waals surface area contributed by atoms with Crippen LogP contribution in [0.3, 0.4) is 0 Å². The highest BCUT2D eigenvalue weighted by Crippen LogP contribution is 2.27. The van der Waals surface area contributed by atoms with Crippen LogP contribution in [-0.2, 0) is 13.6 Å². The van der Waals surface area contributed by atoms with E-state index in [1.807, 2.05) is 7.05 Å². The molecule has 1 unspecified atom stereocenters. The van der Waals surface area contributed by atoms with Crippen molar-refractivity contribution >= 4 is 5.82 Å². The monoisotopic (exact) mass is 152 g/mol. The van der Waals surface area contributed by atoms with Gasteiger partial charge in [0.2, 0.25) is 0 Å². The lowest BCUT2D eigenvalue weighted by Crippen LogP contribution is -2.11. The standard InChI is InChI=1S/C7H12N4/c1-4-6-5(3-9-4)7(8)11(2)10-6/h4,9H,3,8H2,1-2H3. The summed E-state index contributed by atoms with van der Waals surface area (Å²) in [5.74, 6) is 0.789. The lowest BCUT2D eigenvalue weighted by molar-refractivity contribution is 0.597. The smallest absolute Gasteiger partial charge is 0.126 e. The van der Waals surface area contributed by atoms with Crippen molar-refractivity contribution in [2.45, 2.75) is 19.5 Å². The van der Waals surface area contributed by atoms with E-state index in [4.69, 9.17) is 5.73 Å². The van der Waals surface area contributed by atoms with Crippen molar-refractivity contribution in [1.82, 2.24) is 15.1 Å². The molecule has 0 saturated heterocycles. The molecule has 4 nitrogen and oxygen atoms in total. The van der Waals surface area contributed by atoms with Crippen LogP contribution in [0.4, 0.5) is 5.82 Å². The minimum absolute atomic E-state index is 0.355. The molecule has 0 aromatic carbocycles. The Morgan fingerprint density at radius 2 is 2.45 bits per heavy atom. The third-order valence-electron chi connectivity index (χ3n) is 2.22. The largest absolute Gasteiger partial charge is 0.384 e. The Hall–Kier alpha value is -1.03. The zero-order chi connectivity index (χ0) is 8.01. The van der Waals surface area contributed by atoms with Gasteiger partial charge < -0.3 is 11.1 Å². The molecule has 4 heteroatoms. The Kier molecular flexibility index (Phi) is 1.20. The van der Waals surface area contributed by atoms with Crippen LogP contribution >= 0.6 is 0 Å². The number of aromatic nitrogens is 2. The molecule has 0 radical (unpaired) electrons. The highest BCUT2D eigenvalue weighted by atomic mass is 15.3. The average molecular weight is 152 g/mol. The van der Waals surface area contributed by atoms with Crippen LogP contribution in [0, 0.1) is 0 Å². The fraction of sp³-hybridized carbons (Fsp3) is 0.571. The number of nitrogens with two attached hydrogens (primary N) is 1. The van der Waals surface area contributed by atoms with Gasteiger partial charge in [-0.1, -0.05) is 0 Å². The van der Waals surface area contributed by atoms with E-state index < -0.39 is 0 Å². The summed E-state index contributed by atoms with van der Waals surface area (Å²) in [5, 5.41) is 7.58. The predicted molar refractivity (Wildman–Crippen MR) is 42.9 cm³/mol. The molecule has 1 aliphatic rings. The van der Waals surface area contributed by atoms with Gasteiger partial charge in [0.15, 0.2) is 0 Å². The summed E-state index contributed by atoms with van der Waals surface area (Å²) in [7, 11) is 1.88. The van der Waals surface area contributed by atoms with Crippen LogP contribution in [0.15, 0.2) is 0 Å². The molecule has 3 N–H and O–H groups in total. The Morgan fingerprint density at radius 3 is 3.09 bits per heavy atom. The van der Waals surface area contributed by atoms with Gasteiger partial charge in [0.1, 0.15) is 5.82 Å². The van der Waals surface area contributed by atoms with E-state index in [1.54, 1.807) is 4.68 Å². The van der Waals surface area contributed by atoms with Gasteiger partial charge in [-0.3, -0.25) is 4.68 Å². The van der Waals surface area contributed by atoms with Crippen LogP contribution < -0.4 is 11.1 Å². The maximum Gasteiger partial charge on any atom is 0.126 e. The van der Waals surface area contributed by atoms with E-state index in [2.05, 4.69) is 17.3 Å². The molecule has 0 amide bonds. The zero-order valence-corrected chi connectivity index (χ0v) is 6.76. The second-order valence-electron chi connectivity index (χ2n) is 2.98. The summed E-state index contributed by atoms with van der Waals surface area (Å²) < 4.78 is 1.74. The molecule has 11 heavy (non-hydrogen) atoms. The SMILES string of the molecule is CC1NCc2c1nn(C)c2N. The third-order valence-corrected chi connectivity index (χ3v) is 2.22. The Balaban J connectivity index is 2.57. The van der Waals surface area contributed by atoms with Crippen LogP contribution in [0.1, 0.15) is 24.2 Å². The molecule has 0 aliphatic carbocycles. The van der Waals surface area contributed by atoms with Gasteiger partial charge in [-0.15, -0.1) is 0 Å². The maximum atomic E-state index is 5.78. The Labute approximate surface area is 65.4 Å². The molecule has 2 heterocycles. The van der Waals surface area contributed by atoms with Gasteiger partial charge in [0, 0.05) is 25.2 Å². The summed E-state index contributed by atoms with van der Waals surface area (Å²) in [4.78, 5) is 0. The summed E-state index contributed by atoms with van der Waals surface area (Å²) in [6, 6.07) is 0.355. The lowest BCUT2D eigenvalue weighted by atomic mass is 10.2. The van der Waals surface area contributed by atoms with Crippen molar-refractivity contribution in [2.75, 3.05) is 5.73 Å². The van der Waals surface area contributed by atoms with E-state index in [9.17, 15) is 0 Å². The summed E-state index contributed by atoms with van der Waals surface area (Å²) in [5.41, 5.74) is 8.05. The minimum atomic E-state index is 0.355. The molecule has 1 aromatic heterocycles. The number of aryl methyl sites for hydroxylation is 1. The van der Waals surface area contributed by atoms with Crippen molar-refractivity contribution in [2.24, 2.45) is 7.05 Å². The fourth-order valence-electron chi connectivity index (χ4n) is 1.48. The second-order valence-corrected chi connectivity index (χ2v) is 2.98. The van der Waals surface area contributed by atoms with Gasteiger partial charge in [-0.25, -0.2) is 0 Å². The normalized spacial score (nSPS) is 22.2. The van der Waals surface area contributed by atoms with Crippen molar-refractivity contribution in [3.05, 3.63) is 11.3 Å². The minimum Gasteiger partial charge on any atom is -0.384 e. The maximum absolute atomic E-state index is 5.78. The number of hydrogen-bond acceptors (Lipinski definition) is 3. The topological polar surface area (TPSA) is 55.9 Å². The second kappa shape index (κ2) is 1.98. The number of nitrogens with zero attached hydrogens (tertiary/aromatic N) is 2. The number of nitrogen functional groups attached to an aromatic ring is 1. The average Bonchev–Trinajstić information content (AvgIpc) is 2.43. The molecule has 1 aromatic rings. The van der Waals surface area contributed by atoms with Crippen molar-refractivity contribution in [3.8, 4) is 0 Å². The van der Waals surface area contributed by atoms with Gasteiger partial charge in [-0.2, -0.15) is 5.10 Å². The molecular formula is C7H12N4. The van der Waals surface area contributed by atoms with Crippen LogP contribution in [0.2, 0.25) is 0 Å². The predicted octanol–water partition coefficient (Wildman–Crippen LogP) is 0.166. The number of hydrogen-bond donors (Lipinski definition) is 2. The molecule has 0 saturated carbocycles. The van der Waals surface area contributed by atoms with Crippen LogP contribution in [0.25, 0.3) is 0 Å². The molecule has 1 atom stereocenters. The van der Waals surface area contributed by atoms with Gasteiger partial charge in [0.05, 0.1) is 5.69 Å². The first-order valence-corrected chi connectivity index (χ1v) is 3.74. The van der Waals surface area contributed by atoms with E-state index in [0.717, 1.165) is 18.1 Å². The third kappa shape index (κ3) is 0.758. The number of anilines is 1. The number of rotatable bonds is 0. The zero-order valence-electron chi connectivity index (χ0n) is 6.76. The molecule has 0 bridgehead atoms. The highest BCUT2D eigenvalue weighted by molar-refractivity contribution is 5.46. The lowest BCUT2D eigenvalue weighted by Gasteiger charge is -2.00. The van der Waals surface area contributed by atoms with Gasteiger partial charge >= 0.3 is 0 Å². The van der Waals surface area contributed by atoms with Crippen molar-refractivity contribution in [1.29, 1.82) is 0 Å². The quantitative estimate of drug-likeness (QED) is 0.557. The molecule has 0 fully saturated rings. The number of nitrogens with one attached hydrogen (secondary N) is 1. The van der Waals surface area contributed by atoms with Crippen LogP contribution in [-0.4, -0.2) is 9.78 Å². The number of fused-ring (bicyclic) bond motifs is 1. The summed E-state index contributed by atoms with van der Waals surface area (Å²) in [6.45, 7) is 2.95. The Bertz CT molecular complexity index is 289. The van der Waals surface area contributed by atoms with Crippen molar-refractivity contribution in [3.63, 3.8) is 0 Å². The van der Waals surface area contributed by atoms with E-state index in [0.29, 0.717) is 6.04 Å². The first-order valence-electron chi connectivity index (χ1n) is 3.74. The van der Waals surface area contributed by atoms with Crippen LogP contribution in [0.5, 0.6) is 0 Å². The molecule has 60 valence electrons. The summed E-state index contributed by atoms with van der Waals surface area (Å²) in [6.07, 6.45) is 0. The molecule has 1 aliphatic heterocycles. The highest BCUT2D eigenvalue weighted by Gasteiger charge is 2.24. The fourth-order valence-corrected chi connectivity index (χ4v) is 1.48. The Morgan fingerprint density at radius 1 is 1.73 bits per heavy atom. The first kappa shape index (κ1) is 6.67. The van der Waals surface area contributed by atoms with Crippen molar-refractivity contribution < 1.29 is 0 Å². The first-order chi connectivity index (χ1) is 5.20. The van der Waals surface area contributed by atoms with E-state index >= 15 is 0 Å². The van der Waals surface area contributed by atoms with Gasteiger partial charge in [-0.05, 0) is 6.92 Å². The summed E-state index contributed by atoms with van der Waals surface area (Å²) >= 11 is 0. The van der Waals surface area contributed by atoms with E-state index in [-0.39, 0.29) is 0 Å². The molecule has 0 spiro atoms. The molecular weight excluding hydrogens is 140 g/mol. The molecule has 2 rings (SSSR count). The van der Waals surface area contributed by atoms with Gasteiger partial charge in [0.25, 0.3) is 0 Å².